The van der Waals surface area contributed by atoms with E-state index in [4.69, 9.17) is 5.53 Å². The lowest BCUT2D eigenvalue weighted by Gasteiger charge is -2.24. The van der Waals surface area contributed by atoms with Crippen LogP contribution in [0, 0.1) is 0 Å². The van der Waals surface area contributed by atoms with Crippen molar-refractivity contribution in [2.45, 2.75) is 64.2 Å². The molecule has 0 radical (unpaired) electrons. The average Bonchev–Trinajstić information content (AvgIpc) is 2.36. The predicted octanol–water partition coefficient (Wildman–Crippen LogP) is 5.06. The molecule has 0 amide bonds. The molecule has 0 unspecified atom stereocenters. The summed E-state index contributed by atoms with van der Waals surface area (Å²) >= 11 is 0. The zero-order valence-electron chi connectivity index (χ0n) is 13.5. The van der Waals surface area contributed by atoms with E-state index in [1.165, 1.54) is 0 Å². The lowest BCUT2D eigenvalue weighted by Crippen LogP contribution is -2.11. The van der Waals surface area contributed by atoms with Crippen molar-refractivity contribution in [2.24, 2.45) is 4.52 Å². The van der Waals surface area contributed by atoms with Crippen molar-refractivity contribution in [3.8, 4) is 0 Å². The highest BCUT2D eigenvalue weighted by molar-refractivity contribution is 7.90. The third-order valence-corrected chi connectivity index (χ3v) is 4.68. The second-order valence-electron chi connectivity index (χ2n) is 6.09. The lowest BCUT2D eigenvalue weighted by atomic mass is 9.83. The van der Waals surface area contributed by atoms with E-state index in [9.17, 15) is 8.42 Å². The first-order valence-electron chi connectivity index (χ1n) is 7.11. The SMILES string of the molecule is CC(C)c1ccc(S(=O)(=O)N=[N+]=[N-])c(C(C)C)c1C(C)C. The minimum Gasteiger partial charge on any atom is -0.216 e. The van der Waals surface area contributed by atoms with Crippen LogP contribution >= 0.6 is 0 Å². The predicted molar refractivity (Wildman–Crippen MR) is 85.0 cm³/mol. The van der Waals surface area contributed by atoms with Crippen LogP contribution < -0.4 is 0 Å². The van der Waals surface area contributed by atoms with E-state index in [1.54, 1.807) is 6.07 Å². The molecule has 0 saturated heterocycles. The number of nitrogens with zero attached hydrogens (tertiary/aromatic N) is 3. The van der Waals surface area contributed by atoms with Gasteiger partial charge in [-0.05, 0) is 46.0 Å². The molecular weight excluding hydrogens is 286 g/mol. The fourth-order valence-electron chi connectivity index (χ4n) is 2.69. The molecule has 0 aromatic heterocycles. The second kappa shape index (κ2) is 6.50. The molecule has 0 fully saturated rings. The minimum atomic E-state index is -3.98. The van der Waals surface area contributed by atoms with Crippen LogP contribution in [0.3, 0.4) is 0 Å². The molecule has 116 valence electrons. The van der Waals surface area contributed by atoms with Gasteiger partial charge >= 0.3 is 0 Å². The summed E-state index contributed by atoms with van der Waals surface area (Å²) in [5.74, 6) is 0.525. The largest absolute Gasteiger partial charge is 0.264 e. The molecule has 0 bridgehead atoms. The molecule has 0 spiro atoms. The zero-order valence-corrected chi connectivity index (χ0v) is 14.3. The van der Waals surface area contributed by atoms with Crippen LogP contribution in [0.25, 0.3) is 10.4 Å². The van der Waals surface area contributed by atoms with Crippen molar-refractivity contribution in [1.29, 1.82) is 0 Å². The van der Waals surface area contributed by atoms with Gasteiger partial charge in [0.1, 0.15) is 0 Å². The minimum absolute atomic E-state index is 0.0276. The van der Waals surface area contributed by atoms with Gasteiger partial charge in [-0.2, -0.15) is 0 Å². The Labute approximate surface area is 127 Å². The quantitative estimate of drug-likeness (QED) is 0.433. The molecule has 5 nitrogen and oxygen atoms in total. The Morgan fingerprint density at radius 1 is 0.952 bits per heavy atom. The maximum atomic E-state index is 12.2. The zero-order chi connectivity index (χ0) is 16.4. The highest BCUT2D eigenvalue weighted by Gasteiger charge is 2.25. The van der Waals surface area contributed by atoms with E-state index in [1.807, 2.05) is 19.9 Å². The van der Waals surface area contributed by atoms with Gasteiger partial charge in [-0.25, -0.2) is 8.42 Å². The van der Waals surface area contributed by atoms with Crippen molar-refractivity contribution < 1.29 is 8.42 Å². The smallest absolute Gasteiger partial charge is 0.216 e. The van der Waals surface area contributed by atoms with Crippen molar-refractivity contribution in [2.75, 3.05) is 0 Å². The Morgan fingerprint density at radius 3 is 1.86 bits per heavy atom. The number of rotatable bonds is 5. The summed E-state index contributed by atoms with van der Waals surface area (Å²) in [7, 11) is -3.98. The molecule has 0 aliphatic heterocycles. The maximum absolute atomic E-state index is 12.2. The Hall–Kier alpha value is -1.52. The fraction of sp³-hybridized carbons (Fsp3) is 0.600. The van der Waals surface area contributed by atoms with Gasteiger partial charge in [0.05, 0.1) is 4.90 Å². The van der Waals surface area contributed by atoms with Crippen LogP contribution in [0.1, 0.15) is 76.0 Å². The van der Waals surface area contributed by atoms with Crippen LogP contribution in [0.15, 0.2) is 21.5 Å². The van der Waals surface area contributed by atoms with E-state index in [2.05, 4.69) is 37.1 Å². The molecule has 6 heteroatoms. The highest BCUT2D eigenvalue weighted by atomic mass is 32.2. The molecule has 0 heterocycles. The first-order valence-corrected chi connectivity index (χ1v) is 8.55. The van der Waals surface area contributed by atoms with Gasteiger partial charge in [0, 0.05) is 9.43 Å². The molecule has 21 heavy (non-hydrogen) atoms. The van der Waals surface area contributed by atoms with Gasteiger partial charge in [0.15, 0.2) is 0 Å². The molecule has 0 aliphatic carbocycles. The average molecular weight is 309 g/mol. The number of hydrogen-bond donors (Lipinski definition) is 0. The number of hydrogen-bond acceptors (Lipinski definition) is 2. The standard InChI is InChI=1S/C15H23N3O2S/c1-9(2)12-7-8-13(21(19,20)18-17-16)15(11(5)6)14(12)10(3)4/h7-11H,1-6H3. The van der Waals surface area contributed by atoms with Crippen LogP contribution in [-0.2, 0) is 10.0 Å². The molecule has 0 atom stereocenters. The van der Waals surface area contributed by atoms with E-state index in [0.717, 1.165) is 16.7 Å². The normalized spacial score (nSPS) is 12.0. The summed E-state index contributed by atoms with van der Waals surface area (Å²) in [6.45, 7) is 12.2. The summed E-state index contributed by atoms with van der Waals surface area (Å²) in [6.07, 6.45) is 0. The summed E-state index contributed by atoms with van der Waals surface area (Å²) in [5, 5.41) is 0. The summed E-state index contributed by atoms with van der Waals surface area (Å²) < 4.78 is 27.4. The Kier molecular flexibility index (Phi) is 5.42. The molecule has 0 saturated carbocycles. The van der Waals surface area contributed by atoms with Gasteiger partial charge in [-0.1, -0.05) is 47.6 Å². The number of azide groups is 1. The topological polar surface area (TPSA) is 82.9 Å². The van der Waals surface area contributed by atoms with Gasteiger partial charge in [0.2, 0.25) is 0 Å². The van der Waals surface area contributed by atoms with Gasteiger partial charge < -0.3 is 0 Å². The van der Waals surface area contributed by atoms with E-state index in [-0.39, 0.29) is 16.7 Å². The summed E-state index contributed by atoms with van der Waals surface area (Å²) in [4.78, 5) is 2.58. The van der Waals surface area contributed by atoms with E-state index < -0.39 is 10.0 Å². The molecule has 0 N–H and O–H groups in total. The van der Waals surface area contributed by atoms with Crippen molar-refractivity contribution >= 4 is 10.0 Å². The Bertz CT molecular complexity index is 670. The summed E-state index contributed by atoms with van der Waals surface area (Å²) in [6, 6.07) is 3.41. The molecular formula is C15H23N3O2S. The van der Waals surface area contributed by atoms with Gasteiger partial charge in [-0.15, -0.1) is 0 Å². The van der Waals surface area contributed by atoms with Crippen molar-refractivity contribution in [3.63, 3.8) is 0 Å². The number of sulfonamides is 1. The van der Waals surface area contributed by atoms with Crippen LogP contribution in [0.4, 0.5) is 0 Å². The summed E-state index contributed by atoms with van der Waals surface area (Å²) in [5.41, 5.74) is 11.5. The second-order valence-corrected chi connectivity index (χ2v) is 7.64. The lowest BCUT2D eigenvalue weighted by molar-refractivity contribution is 0.593. The first-order chi connectivity index (χ1) is 9.63. The third-order valence-electron chi connectivity index (χ3n) is 3.48. The maximum Gasteiger partial charge on any atom is 0.264 e. The Balaban J connectivity index is 3.86. The van der Waals surface area contributed by atoms with E-state index >= 15 is 0 Å². The molecule has 0 aliphatic rings. The Morgan fingerprint density at radius 2 is 1.48 bits per heavy atom. The monoisotopic (exact) mass is 309 g/mol. The van der Waals surface area contributed by atoms with Crippen LogP contribution in [0.5, 0.6) is 0 Å². The van der Waals surface area contributed by atoms with E-state index in [0.29, 0.717) is 5.92 Å². The molecule has 1 aromatic rings. The van der Waals surface area contributed by atoms with Crippen molar-refractivity contribution in [1.82, 2.24) is 0 Å². The van der Waals surface area contributed by atoms with Crippen LogP contribution in [0.2, 0.25) is 0 Å². The van der Waals surface area contributed by atoms with Gasteiger partial charge in [0.25, 0.3) is 10.0 Å². The number of benzene rings is 1. The first kappa shape index (κ1) is 17.5. The van der Waals surface area contributed by atoms with Crippen molar-refractivity contribution in [3.05, 3.63) is 39.3 Å². The molecule has 1 aromatic carbocycles. The molecule has 1 rings (SSSR count). The fourth-order valence-corrected chi connectivity index (χ4v) is 3.74. The third kappa shape index (κ3) is 3.57. The van der Waals surface area contributed by atoms with Gasteiger partial charge in [-0.3, -0.25) is 0 Å². The highest BCUT2D eigenvalue weighted by Crippen LogP contribution is 2.37. The van der Waals surface area contributed by atoms with Crippen LogP contribution in [-0.4, -0.2) is 8.42 Å².